The van der Waals surface area contributed by atoms with Gasteiger partial charge in [0.25, 0.3) is 0 Å². The Morgan fingerprint density at radius 3 is 0.859 bits per heavy atom. The lowest BCUT2D eigenvalue weighted by molar-refractivity contribution is 1.18. The number of hydrogen-bond acceptors (Lipinski definition) is 2. The third kappa shape index (κ3) is 15.0. The summed E-state index contributed by atoms with van der Waals surface area (Å²) in [4.78, 5) is 3.53. The molecule has 6 aromatic heterocycles. The minimum atomic E-state index is -2.96. The zero-order chi connectivity index (χ0) is 93.5. The quantitative estimate of drug-likeness (QED) is 0.0783. The molecule has 0 radical (unpaired) electrons. The zero-order valence-electron chi connectivity index (χ0n) is 76.8. The van der Waals surface area contributed by atoms with E-state index in [9.17, 15) is 0 Å². The van der Waals surface area contributed by atoms with Gasteiger partial charge in [0.2, 0.25) is 0 Å². The molecular formula is C133H93BrN4S2Si2. The number of rotatable bonds is 15. The van der Waals surface area contributed by atoms with Crippen molar-refractivity contribution >= 4 is 224 Å². The first-order valence-corrected chi connectivity index (χ1v) is 54.6. The molecule has 0 amide bonds. The summed E-state index contributed by atoms with van der Waals surface area (Å²) < 4.78 is 13.7. The number of aromatic nitrogens is 4. The first kappa shape index (κ1) is 86.9. The fourth-order valence-corrected chi connectivity index (χ4v) is 35.0. The first-order valence-electron chi connectivity index (χ1n) is 48.2. The van der Waals surface area contributed by atoms with Gasteiger partial charge in [-0.05, 0) is 232 Å². The minimum absolute atomic E-state index is 0. The second-order valence-electron chi connectivity index (χ2n) is 36.7. The summed E-state index contributed by atoms with van der Waals surface area (Å²) in [6, 6.07) is 197. The number of nitrogens with one attached hydrogen (secondary N) is 1. The third-order valence-electron chi connectivity index (χ3n) is 28.8. The molecule has 1 N–H and O–H groups in total. The lowest BCUT2D eigenvalue weighted by Crippen LogP contribution is -2.74. The second-order valence-corrected chi connectivity index (χ2v) is 47.4. The number of para-hydroxylation sites is 6. The molecule has 0 aliphatic rings. The molecule has 0 aliphatic carbocycles. The van der Waals surface area contributed by atoms with Crippen LogP contribution in [-0.2, 0) is 0 Å². The van der Waals surface area contributed by atoms with Crippen LogP contribution in [0.25, 0.3) is 189 Å². The Balaban J connectivity index is 0.000000124. The molecule has 0 atom stereocenters. The van der Waals surface area contributed by atoms with E-state index < -0.39 is 16.1 Å². The van der Waals surface area contributed by atoms with E-state index in [1.807, 2.05) is 22.7 Å². The van der Waals surface area contributed by atoms with Crippen LogP contribution in [0.4, 0.5) is 0 Å². The Hall–Kier alpha value is -16.6. The Morgan fingerprint density at radius 1 is 0.169 bits per heavy atom. The molecule has 28 rings (SSSR count). The number of nitrogens with zero attached hydrogens (tertiary/aromatic N) is 3. The molecule has 142 heavy (non-hydrogen) atoms. The highest BCUT2D eigenvalue weighted by atomic mass is 79.9. The van der Waals surface area contributed by atoms with Crippen molar-refractivity contribution in [3.8, 4) is 61.6 Å². The highest BCUT2D eigenvalue weighted by molar-refractivity contribution is 9.10. The molecule has 28 aromatic rings. The molecule has 672 valence electrons. The van der Waals surface area contributed by atoms with Gasteiger partial charge in [0.15, 0.2) is 16.1 Å². The Labute approximate surface area is 842 Å². The van der Waals surface area contributed by atoms with E-state index in [1.165, 1.54) is 219 Å². The summed E-state index contributed by atoms with van der Waals surface area (Å²) >= 11 is 7.52. The molecule has 6 heterocycles. The van der Waals surface area contributed by atoms with Gasteiger partial charge in [-0.2, -0.15) is 0 Å². The normalized spacial score (nSPS) is 11.8. The van der Waals surface area contributed by atoms with Crippen molar-refractivity contribution in [2.45, 2.75) is 7.43 Å². The van der Waals surface area contributed by atoms with Crippen molar-refractivity contribution in [2.75, 3.05) is 0 Å². The Morgan fingerprint density at radius 2 is 0.437 bits per heavy atom. The van der Waals surface area contributed by atoms with E-state index in [0.29, 0.717) is 0 Å². The summed E-state index contributed by atoms with van der Waals surface area (Å²) in [5, 5.41) is 26.3. The lowest BCUT2D eigenvalue weighted by Gasteiger charge is -2.35. The average molecular weight is 1950 g/mol. The van der Waals surface area contributed by atoms with E-state index in [0.717, 1.165) is 15.8 Å². The molecule has 0 saturated carbocycles. The van der Waals surface area contributed by atoms with Crippen molar-refractivity contribution in [2.24, 2.45) is 0 Å². The Kier molecular flexibility index (Phi) is 22.4. The molecule has 4 nitrogen and oxygen atoms in total. The number of benzene rings is 22. The number of fused-ring (bicyclic) bond motifs is 18. The fourth-order valence-electron chi connectivity index (χ4n) is 22.5. The van der Waals surface area contributed by atoms with Crippen LogP contribution < -0.4 is 41.5 Å². The lowest BCUT2D eigenvalue weighted by atomic mass is 10.0. The number of H-pyrrole nitrogens is 1. The van der Waals surface area contributed by atoms with Crippen LogP contribution in [0.15, 0.2) is 538 Å². The van der Waals surface area contributed by atoms with E-state index in [2.05, 4.69) is 568 Å². The molecule has 0 bridgehead atoms. The third-order valence-corrected chi connectivity index (χ3v) is 41.2. The van der Waals surface area contributed by atoms with Crippen LogP contribution >= 0.6 is 38.6 Å². The van der Waals surface area contributed by atoms with Gasteiger partial charge in [0.1, 0.15) is 0 Å². The highest BCUT2D eigenvalue weighted by Crippen LogP contribution is 2.43. The van der Waals surface area contributed by atoms with E-state index in [1.54, 1.807) is 0 Å². The van der Waals surface area contributed by atoms with Crippen molar-refractivity contribution in [3.05, 3.63) is 538 Å². The Bertz CT molecular complexity index is 9500. The topological polar surface area (TPSA) is 30.6 Å². The molecule has 0 saturated heterocycles. The van der Waals surface area contributed by atoms with Gasteiger partial charge in [-0.1, -0.05) is 412 Å². The molecule has 0 aliphatic heterocycles. The smallest absolute Gasteiger partial charge is 0.179 e. The van der Waals surface area contributed by atoms with Crippen molar-refractivity contribution < 1.29 is 0 Å². The van der Waals surface area contributed by atoms with Crippen LogP contribution in [0.3, 0.4) is 0 Å². The number of thiophene rings is 2. The van der Waals surface area contributed by atoms with Crippen LogP contribution in [0.2, 0.25) is 0 Å². The predicted octanol–water partition coefficient (Wildman–Crippen LogP) is 31.5. The van der Waals surface area contributed by atoms with Gasteiger partial charge in [0.05, 0.1) is 33.1 Å². The van der Waals surface area contributed by atoms with Gasteiger partial charge in [-0.3, -0.25) is 0 Å². The van der Waals surface area contributed by atoms with E-state index in [4.69, 9.17) is 0 Å². The number of hydrogen-bond donors (Lipinski definition) is 1. The van der Waals surface area contributed by atoms with Crippen LogP contribution in [-0.4, -0.2) is 34.8 Å². The number of aromatic amines is 1. The minimum Gasteiger partial charge on any atom is -0.355 e. The van der Waals surface area contributed by atoms with Crippen LogP contribution in [0.1, 0.15) is 7.43 Å². The summed E-state index contributed by atoms with van der Waals surface area (Å²) in [6.45, 7) is 0. The van der Waals surface area contributed by atoms with Gasteiger partial charge in [-0.25, -0.2) is 0 Å². The monoisotopic (exact) mass is 1940 g/mol. The second kappa shape index (κ2) is 36.6. The van der Waals surface area contributed by atoms with Gasteiger partial charge in [-0.15, -0.1) is 22.7 Å². The molecule has 9 heteroatoms. The molecule has 0 unspecified atom stereocenters. The van der Waals surface area contributed by atoms with E-state index in [-0.39, 0.29) is 7.43 Å². The first-order chi connectivity index (χ1) is 69.8. The molecule has 0 spiro atoms. The summed E-state index contributed by atoms with van der Waals surface area (Å²) in [6.07, 6.45) is 0. The molecule has 22 aromatic carbocycles. The van der Waals surface area contributed by atoms with Crippen molar-refractivity contribution in [1.29, 1.82) is 0 Å². The summed E-state index contributed by atoms with van der Waals surface area (Å²) in [7, 11) is -5.56. The van der Waals surface area contributed by atoms with Gasteiger partial charge >= 0.3 is 0 Å². The van der Waals surface area contributed by atoms with Gasteiger partial charge < -0.3 is 18.7 Å². The number of halogens is 1. The van der Waals surface area contributed by atoms with Crippen LogP contribution in [0, 0.1) is 0 Å². The highest BCUT2D eigenvalue weighted by Gasteiger charge is 2.44. The maximum atomic E-state index is 3.79. The van der Waals surface area contributed by atoms with Crippen molar-refractivity contribution in [3.63, 3.8) is 0 Å². The maximum Gasteiger partial charge on any atom is 0.179 e. The standard InChI is InChI=1S/C66H44N2SSi.C36H25BrSSi.C30H20N2.CH4/c1-3-22-51(23-4-1)70(52-24-5-2-6-25-52,53-26-16-19-46(41-53)48-37-39-66-60(43-48)58-31-10-14-35-65(58)69-66)54-27-17-21-50(44-54)68-63-34-13-9-30-57(63)59-42-47(36-38-64(59)68)45-18-15-20-49(40-45)67-61-32-11-7-28-55(61)56-29-8-12-33-62(56)67;37-28-12-10-18-32(25-28)39(29-13-3-1-4-14-29,30-15-5-2-6-16-30)31-17-9-11-26(23-31)27-21-22-36-34(24-27)33-19-7-8-20-35(33)38-36;1-4-13-27-23(10-1)26-19-21(16-17-28(26)31-27)20-8-7-9-22(18-20)32-29-14-5-2-11-24(29)25-12-3-6-15-30(25)32;/h1-44H;1-25H;1-19,31H;1H4. The average Bonchev–Trinajstić information content (AvgIpc) is 1.16. The van der Waals surface area contributed by atoms with Crippen molar-refractivity contribution in [1.82, 2.24) is 18.7 Å². The molecule has 0 fully saturated rings. The summed E-state index contributed by atoms with van der Waals surface area (Å²) in [5.74, 6) is 0. The van der Waals surface area contributed by atoms with E-state index >= 15 is 0 Å². The largest absolute Gasteiger partial charge is 0.355 e. The fraction of sp³-hybridized carbons (Fsp3) is 0.00752. The van der Waals surface area contributed by atoms with Gasteiger partial charge in [0, 0.05) is 116 Å². The maximum absolute atomic E-state index is 3.79. The SMILES string of the molecule is Brc1cccc([Si](c2ccccc2)(c2ccccc2)c2cccc(-c3ccc4sc5ccccc5c4c3)c2)c1.C.c1cc(-c2ccc3[nH]c4ccccc4c3c2)cc(-n2c3ccccc3c3ccccc32)c1.c1ccc([Si](c2ccccc2)(c2cccc(-c3ccc4sc5ccccc5c4c3)c2)c2cccc(-n3c4ccccc4c4cc(-c5cccc(-n6c7ccccc7c7ccccc76)c5)ccc43)c2)cc1. The summed E-state index contributed by atoms with van der Waals surface area (Å²) in [5.41, 5.74) is 22.9. The molecular weight excluding hydrogens is 1850 g/mol. The van der Waals surface area contributed by atoms with Crippen LogP contribution in [0.5, 0.6) is 0 Å². The predicted molar refractivity (Wildman–Crippen MR) is 621 cm³/mol. The zero-order valence-corrected chi connectivity index (χ0v) is 82.1.